The van der Waals surface area contributed by atoms with Crippen LogP contribution in [0.5, 0.6) is 0 Å². The number of carbonyl (C=O) groups is 1. The molecule has 3 heterocycles. The predicted octanol–water partition coefficient (Wildman–Crippen LogP) is 3.07. The quantitative estimate of drug-likeness (QED) is 0.749. The van der Waals surface area contributed by atoms with Crippen LogP contribution in [0.3, 0.4) is 0 Å². The maximum absolute atomic E-state index is 13.3. The second-order valence-electron chi connectivity index (χ2n) is 6.44. The number of imidazole rings is 1. The molecule has 3 aromatic rings. The largest absolute Gasteiger partial charge is 0.465 e. The van der Waals surface area contributed by atoms with Gasteiger partial charge in [-0.1, -0.05) is 11.6 Å². The van der Waals surface area contributed by atoms with Crippen molar-refractivity contribution >= 4 is 28.9 Å². The van der Waals surface area contributed by atoms with Crippen LogP contribution in [0.15, 0.2) is 41.3 Å². The van der Waals surface area contributed by atoms with Gasteiger partial charge < -0.3 is 10.0 Å². The van der Waals surface area contributed by atoms with Crippen molar-refractivity contribution in [2.45, 2.75) is 19.4 Å². The van der Waals surface area contributed by atoms with Crippen molar-refractivity contribution in [2.75, 3.05) is 13.1 Å². The van der Waals surface area contributed by atoms with Gasteiger partial charge in [-0.15, -0.1) is 0 Å². The number of likely N-dealkylation sites (tertiary alicyclic amines) is 1. The summed E-state index contributed by atoms with van der Waals surface area (Å²) < 4.78 is 3.24. The maximum atomic E-state index is 13.3. The van der Waals surface area contributed by atoms with Crippen molar-refractivity contribution in [2.24, 2.45) is 0 Å². The number of fused-ring (bicyclic) bond motifs is 1. The summed E-state index contributed by atoms with van der Waals surface area (Å²) in [6.07, 6.45) is 1.26. The second-order valence-corrected chi connectivity index (χ2v) is 6.87. The van der Waals surface area contributed by atoms with E-state index in [0.717, 1.165) is 11.3 Å². The molecule has 0 unspecified atom stereocenters. The van der Waals surface area contributed by atoms with Crippen LogP contribution in [0.2, 0.25) is 5.02 Å². The third-order valence-corrected chi connectivity index (χ3v) is 5.07. The van der Waals surface area contributed by atoms with Gasteiger partial charge in [-0.05, 0) is 49.2 Å². The molecule has 4 rings (SSSR count). The molecular weight excluding hydrogens is 356 g/mol. The average Bonchev–Trinajstić information content (AvgIpc) is 3.18. The number of benzene rings is 1. The number of aryl methyl sites for hydroxylation is 1. The number of amides is 1. The van der Waals surface area contributed by atoms with Gasteiger partial charge in [-0.25, -0.2) is 14.6 Å². The Bertz CT molecular complexity index is 1070. The van der Waals surface area contributed by atoms with E-state index in [1.165, 1.54) is 4.90 Å². The van der Waals surface area contributed by atoms with Crippen molar-refractivity contribution in [3.05, 3.63) is 57.6 Å². The van der Waals surface area contributed by atoms with E-state index < -0.39 is 6.09 Å². The minimum absolute atomic E-state index is 0.221. The zero-order valence-electron chi connectivity index (χ0n) is 14.1. The van der Waals surface area contributed by atoms with Crippen molar-refractivity contribution in [1.29, 1.82) is 0 Å². The van der Waals surface area contributed by atoms with Gasteiger partial charge in [-0.2, -0.15) is 0 Å². The Hall–Kier alpha value is -2.80. The molecule has 1 aliphatic heterocycles. The van der Waals surface area contributed by atoms with Crippen LogP contribution in [-0.4, -0.2) is 43.3 Å². The highest BCUT2D eigenvalue weighted by Crippen LogP contribution is 2.27. The fourth-order valence-corrected chi connectivity index (χ4v) is 3.83. The standard InChI is InChI=1S/C18H17ClN4O3/c1-11-9-12(19)4-5-14(11)23-15-3-2-7-20-16(15)22(17(23)24)13-6-8-21(10-13)18(25)26/h2-5,7,9,13H,6,8,10H2,1H3,(H,25,26)/t13-/m1/s1. The summed E-state index contributed by atoms with van der Waals surface area (Å²) in [5.41, 5.74) is 2.65. The van der Waals surface area contributed by atoms with E-state index in [1.807, 2.05) is 25.1 Å². The molecule has 1 aromatic carbocycles. The van der Waals surface area contributed by atoms with E-state index in [0.29, 0.717) is 29.2 Å². The molecule has 0 saturated carbocycles. The monoisotopic (exact) mass is 372 g/mol. The van der Waals surface area contributed by atoms with Crippen molar-refractivity contribution < 1.29 is 9.90 Å². The first-order valence-corrected chi connectivity index (χ1v) is 8.67. The fraction of sp³-hybridized carbons (Fsp3) is 0.278. The Kier molecular flexibility index (Phi) is 3.96. The normalized spacial score (nSPS) is 17.2. The summed E-state index contributed by atoms with van der Waals surface area (Å²) in [5.74, 6) is 0. The average molecular weight is 373 g/mol. The van der Waals surface area contributed by atoms with Gasteiger partial charge in [0.2, 0.25) is 0 Å². The van der Waals surface area contributed by atoms with Crippen molar-refractivity contribution in [1.82, 2.24) is 19.0 Å². The molecule has 0 radical (unpaired) electrons. The second kappa shape index (κ2) is 6.17. The molecule has 2 aromatic heterocycles. The van der Waals surface area contributed by atoms with Gasteiger partial charge in [-0.3, -0.25) is 9.13 Å². The summed E-state index contributed by atoms with van der Waals surface area (Å²) in [6, 6.07) is 8.77. The lowest BCUT2D eigenvalue weighted by atomic mass is 10.2. The topological polar surface area (TPSA) is 80.4 Å². The number of nitrogens with zero attached hydrogens (tertiary/aromatic N) is 4. The highest BCUT2D eigenvalue weighted by molar-refractivity contribution is 6.30. The fourth-order valence-electron chi connectivity index (χ4n) is 3.61. The molecule has 1 saturated heterocycles. The number of halogens is 1. The van der Waals surface area contributed by atoms with Gasteiger partial charge >= 0.3 is 11.8 Å². The van der Waals surface area contributed by atoms with Crippen LogP contribution in [-0.2, 0) is 0 Å². The molecule has 1 atom stereocenters. The Morgan fingerprint density at radius 2 is 2.15 bits per heavy atom. The van der Waals surface area contributed by atoms with Gasteiger partial charge in [0, 0.05) is 24.3 Å². The minimum atomic E-state index is -0.967. The predicted molar refractivity (Wildman–Crippen MR) is 98.3 cm³/mol. The molecule has 1 fully saturated rings. The molecule has 134 valence electrons. The molecule has 1 N–H and O–H groups in total. The first kappa shape index (κ1) is 16.7. The smallest absolute Gasteiger partial charge is 0.407 e. The molecule has 7 nitrogen and oxygen atoms in total. The summed E-state index contributed by atoms with van der Waals surface area (Å²) in [4.78, 5) is 30.2. The lowest BCUT2D eigenvalue weighted by Crippen LogP contribution is -2.31. The third kappa shape index (κ3) is 2.55. The van der Waals surface area contributed by atoms with E-state index in [1.54, 1.807) is 27.5 Å². The zero-order valence-corrected chi connectivity index (χ0v) is 14.8. The molecule has 8 heteroatoms. The first-order valence-electron chi connectivity index (χ1n) is 8.29. The lowest BCUT2D eigenvalue weighted by molar-refractivity contribution is 0.154. The Morgan fingerprint density at radius 3 is 2.85 bits per heavy atom. The first-order chi connectivity index (χ1) is 12.5. The lowest BCUT2D eigenvalue weighted by Gasteiger charge is -2.13. The van der Waals surface area contributed by atoms with Gasteiger partial charge in [0.15, 0.2) is 5.65 Å². The van der Waals surface area contributed by atoms with Gasteiger partial charge in [0.05, 0.1) is 17.2 Å². The summed E-state index contributed by atoms with van der Waals surface area (Å²) in [7, 11) is 0. The molecule has 0 spiro atoms. The molecule has 26 heavy (non-hydrogen) atoms. The number of carboxylic acid groups (broad SMARTS) is 1. The van der Waals surface area contributed by atoms with Crippen LogP contribution in [0.25, 0.3) is 16.9 Å². The molecule has 0 bridgehead atoms. The van der Waals surface area contributed by atoms with Gasteiger partial charge in [0.25, 0.3) is 0 Å². The molecular formula is C18H17ClN4O3. The number of aromatic nitrogens is 3. The Labute approximate surface area is 154 Å². The summed E-state index contributed by atoms with van der Waals surface area (Å²) in [6.45, 7) is 2.59. The number of hydrogen-bond acceptors (Lipinski definition) is 3. The molecule has 1 aliphatic rings. The highest BCUT2D eigenvalue weighted by Gasteiger charge is 2.31. The van der Waals surface area contributed by atoms with E-state index in [4.69, 9.17) is 11.6 Å². The maximum Gasteiger partial charge on any atom is 0.407 e. The van der Waals surface area contributed by atoms with Crippen LogP contribution in [0, 0.1) is 6.92 Å². The molecule has 0 aliphatic carbocycles. The van der Waals surface area contributed by atoms with E-state index in [2.05, 4.69) is 4.98 Å². The van der Waals surface area contributed by atoms with Crippen LogP contribution >= 0.6 is 11.6 Å². The highest BCUT2D eigenvalue weighted by atomic mass is 35.5. The van der Waals surface area contributed by atoms with Crippen LogP contribution in [0.1, 0.15) is 18.0 Å². The Balaban J connectivity index is 1.92. The summed E-state index contributed by atoms with van der Waals surface area (Å²) >= 11 is 6.05. The van der Waals surface area contributed by atoms with Crippen LogP contribution in [0.4, 0.5) is 4.79 Å². The Morgan fingerprint density at radius 1 is 1.35 bits per heavy atom. The van der Waals surface area contributed by atoms with E-state index in [9.17, 15) is 14.7 Å². The number of rotatable bonds is 2. The molecule has 1 amide bonds. The summed E-state index contributed by atoms with van der Waals surface area (Å²) in [5, 5.41) is 9.82. The minimum Gasteiger partial charge on any atom is -0.465 e. The van der Waals surface area contributed by atoms with E-state index >= 15 is 0 Å². The van der Waals surface area contributed by atoms with Crippen LogP contribution < -0.4 is 5.69 Å². The SMILES string of the molecule is Cc1cc(Cl)ccc1-n1c(=O)n([C@@H]2CCN(C(=O)O)C2)c2ncccc21. The third-order valence-electron chi connectivity index (χ3n) is 4.83. The van der Waals surface area contributed by atoms with E-state index in [-0.39, 0.29) is 18.3 Å². The zero-order chi connectivity index (χ0) is 18.4. The van der Waals surface area contributed by atoms with Crippen molar-refractivity contribution in [3.63, 3.8) is 0 Å². The number of pyridine rings is 1. The van der Waals surface area contributed by atoms with Crippen molar-refractivity contribution in [3.8, 4) is 5.69 Å². The number of hydrogen-bond donors (Lipinski definition) is 1. The van der Waals surface area contributed by atoms with Gasteiger partial charge in [0.1, 0.15) is 0 Å².